The Kier molecular flexibility index (Phi) is 8.12. The second-order valence-electron chi connectivity index (χ2n) is 6.74. The minimum absolute atomic E-state index is 0. The molecule has 2 aromatic rings. The number of amides is 1. The summed E-state index contributed by atoms with van der Waals surface area (Å²) >= 11 is 0. The van der Waals surface area contributed by atoms with Crippen LogP contribution >= 0.6 is 24.8 Å². The van der Waals surface area contributed by atoms with Crippen LogP contribution in [0.3, 0.4) is 0 Å². The van der Waals surface area contributed by atoms with E-state index in [9.17, 15) is 4.79 Å². The summed E-state index contributed by atoms with van der Waals surface area (Å²) in [7, 11) is 0. The van der Waals surface area contributed by atoms with Gasteiger partial charge in [0.25, 0.3) is 5.91 Å². The Balaban J connectivity index is 0.00000156. The van der Waals surface area contributed by atoms with Crippen LogP contribution in [0.1, 0.15) is 43.5 Å². The van der Waals surface area contributed by atoms with Crippen molar-refractivity contribution in [1.29, 1.82) is 0 Å². The van der Waals surface area contributed by atoms with E-state index in [2.05, 4.69) is 23.8 Å². The van der Waals surface area contributed by atoms with E-state index in [0.29, 0.717) is 18.0 Å². The molecule has 0 radical (unpaired) electrons. The highest BCUT2D eigenvalue weighted by Gasteiger charge is 2.27. The second-order valence-corrected chi connectivity index (χ2v) is 6.74. The maximum Gasteiger partial charge on any atom is 0.255 e. The van der Waals surface area contributed by atoms with Crippen molar-refractivity contribution in [2.45, 2.75) is 45.7 Å². The van der Waals surface area contributed by atoms with Crippen molar-refractivity contribution < 1.29 is 4.79 Å². The van der Waals surface area contributed by atoms with Crippen molar-refractivity contribution in [2.75, 3.05) is 13.1 Å². The highest BCUT2D eigenvalue weighted by molar-refractivity contribution is 5.96. The molecule has 1 aliphatic heterocycles. The van der Waals surface area contributed by atoms with Crippen molar-refractivity contribution >= 4 is 41.9 Å². The number of imidazole rings is 1. The minimum atomic E-state index is 0. The van der Waals surface area contributed by atoms with Crippen LogP contribution in [0.5, 0.6) is 0 Å². The molecule has 3 heterocycles. The van der Waals surface area contributed by atoms with Crippen LogP contribution in [0.4, 0.5) is 0 Å². The number of fused-ring (bicyclic) bond motifs is 1. The number of nitrogens with zero attached hydrogens (tertiary/aromatic N) is 4. The maximum absolute atomic E-state index is 12.8. The van der Waals surface area contributed by atoms with Crippen molar-refractivity contribution in [3.8, 4) is 0 Å². The van der Waals surface area contributed by atoms with Gasteiger partial charge in [0, 0.05) is 31.9 Å². The van der Waals surface area contributed by atoms with E-state index in [-0.39, 0.29) is 36.8 Å². The number of hydrogen-bond donors (Lipinski definition) is 1. The first-order chi connectivity index (χ1) is 11.1. The molecule has 8 heteroatoms. The number of pyridine rings is 1. The fraction of sp³-hybridized carbons (Fsp3) is 0.588. The molecule has 2 aromatic heterocycles. The van der Waals surface area contributed by atoms with Gasteiger partial charge in [-0.15, -0.1) is 24.8 Å². The molecule has 1 unspecified atom stereocenters. The molecule has 1 atom stereocenters. The van der Waals surface area contributed by atoms with Crippen molar-refractivity contribution in [3.63, 3.8) is 0 Å². The third-order valence-corrected chi connectivity index (χ3v) is 4.42. The lowest BCUT2D eigenvalue weighted by atomic mass is 10.0. The lowest BCUT2D eigenvalue weighted by Gasteiger charge is -2.35. The molecule has 0 aliphatic carbocycles. The topological polar surface area (TPSA) is 77.0 Å². The highest BCUT2D eigenvalue weighted by atomic mass is 35.5. The molecule has 1 saturated heterocycles. The third-order valence-electron chi connectivity index (χ3n) is 4.42. The van der Waals surface area contributed by atoms with Crippen LogP contribution in [-0.4, -0.2) is 44.5 Å². The summed E-state index contributed by atoms with van der Waals surface area (Å²) in [6.07, 6.45) is 6.64. The van der Waals surface area contributed by atoms with Gasteiger partial charge in [-0.1, -0.05) is 13.8 Å². The summed E-state index contributed by atoms with van der Waals surface area (Å²) in [6, 6.07) is 1.99. The molecule has 1 amide bonds. The van der Waals surface area contributed by atoms with Gasteiger partial charge in [0.05, 0.1) is 11.9 Å². The fourth-order valence-corrected chi connectivity index (χ4v) is 3.27. The van der Waals surface area contributed by atoms with Crippen molar-refractivity contribution in [3.05, 3.63) is 24.2 Å². The van der Waals surface area contributed by atoms with Gasteiger partial charge >= 0.3 is 0 Å². The van der Waals surface area contributed by atoms with Gasteiger partial charge in [-0.2, -0.15) is 0 Å². The average Bonchev–Trinajstić information content (AvgIpc) is 2.95. The number of halogens is 2. The smallest absolute Gasteiger partial charge is 0.255 e. The number of hydrogen-bond acceptors (Lipinski definition) is 4. The first-order valence-electron chi connectivity index (χ1n) is 8.42. The summed E-state index contributed by atoms with van der Waals surface area (Å²) in [5.41, 5.74) is 8.04. The quantitative estimate of drug-likeness (QED) is 0.874. The summed E-state index contributed by atoms with van der Waals surface area (Å²) in [5.74, 6) is 0.544. The standard InChI is InChI=1S/C17H25N5O.2ClH/c1-12(2)10-21-11-20-15-7-13(9-19-16(15)21)17(23)22-6-4-3-5-14(22)8-18;;/h7,9,11-12,14H,3-6,8,10,18H2,1-2H3;2*1H. The van der Waals surface area contributed by atoms with Crippen LogP contribution in [0.25, 0.3) is 11.2 Å². The number of nitrogens with two attached hydrogens (primary N) is 1. The van der Waals surface area contributed by atoms with Gasteiger partial charge in [0.1, 0.15) is 5.52 Å². The molecule has 6 nitrogen and oxygen atoms in total. The van der Waals surface area contributed by atoms with Gasteiger partial charge in [-0.3, -0.25) is 4.79 Å². The number of piperidine rings is 1. The molecule has 0 aromatic carbocycles. The predicted molar refractivity (Wildman–Crippen MR) is 105 cm³/mol. The van der Waals surface area contributed by atoms with Gasteiger partial charge < -0.3 is 15.2 Å². The number of carbonyl (C=O) groups excluding carboxylic acids is 1. The van der Waals surface area contributed by atoms with Crippen LogP contribution in [0.2, 0.25) is 0 Å². The van der Waals surface area contributed by atoms with Gasteiger partial charge in [-0.25, -0.2) is 9.97 Å². The molecule has 0 spiro atoms. The normalized spacial score (nSPS) is 17.3. The van der Waals surface area contributed by atoms with E-state index in [1.165, 1.54) is 0 Å². The Bertz CT molecular complexity index is 703. The second kappa shape index (κ2) is 9.36. The van der Waals surface area contributed by atoms with Gasteiger partial charge in [0.2, 0.25) is 0 Å². The lowest BCUT2D eigenvalue weighted by Crippen LogP contribution is -2.47. The van der Waals surface area contributed by atoms with Crippen LogP contribution in [0.15, 0.2) is 18.6 Å². The van der Waals surface area contributed by atoms with Crippen molar-refractivity contribution in [1.82, 2.24) is 19.4 Å². The Labute approximate surface area is 161 Å². The SMILES string of the molecule is CC(C)Cn1cnc2cc(C(=O)N3CCCCC3CN)cnc21.Cl.Cl. The molecule has 3 rings (SSSR count). The first-order valence-corrected chi connectivity index (χ1v) is 8.42. The summed E-state index contributed by atoms with van der Waals surface area (Å²) < 4.78 is 2.04. The lowest BCUT2D eigenvalue weighted by molar-refractivity contribution is 0.0623. The number of aromatic nitrogens is 3. The molecular weight excluding hydrogens is 361 g/mol. The summed E-state index contributed by atoms with van der Waals surface area (Å²) in [6.45, 7) is 6.49. The van der Waals surface area contributed by atoms with E-state index >= 15 is 0 Å². The van der Waals surface area contributed by atoms with E-state index in [1.807, 2.05) is 15.5 Å². The summed E-state index contributed by atoms with van der Waals surface area (Å²) in [5, 5.41) is 0. The number of rotatable bonds is 4. The number of likely N-dealkylation sites (tertiary alicyclic amines) is 1. The zero-order valence-corrected chi connectivity index (χ0v) is 16.4. The first kappa shape index (κ1) is 21.7. The highest BCUT2D eigenvalue weighted by Crippen LogP contribution is 2.20. The summed E-state index contributed by atoms with van der Waals surface area (Å²) in [4.78, 5) is 23.6. The minimum Gasteiger partial charge on any atom is -0.334 e. The van der Waals surface area contributed by atoms with E-state index < -0.39 is 0 Å². The zero-order valence-electron chi connectivity index (χ0n) is 14.7. The van der Waals surface area contributed by atoms with Crippen molar-refractivity contribution in [2.24, 2.45) is 11.7 Å². The molecule has 1 fully saturated rings. The zero-order chi connectivity index (χ0) is 16.4. The Morgan fingerprint density at radius 2 is 2.08 bits per heavy atom. The Hall–Kier alpha value is -1.37. The molecule has 2 N–H and O–H groups in total. The fourth-order valence-electron chi connectivity index (χ4n) is 3.27. The van der Waals surface area contributed by atoms with E-state index in [1.54, 1.807) is 12.5 Å². The van der Waals surface area contributed by atoms with Gasteiger partial charge in [0.15, 0.2) is 5.65 Å². The maximum atomic E-state index is 12.8. The van der Waals surface area contributed by atoms with E-state index in [0.717, 1.165) is 43.5 Å². The largest absolute Gasteiger partial charge is 0.334 e. The van der Waals surface area contributed by atoms with Crippen LogP contribution in [-0.2, 0) is 6.54 Å². The monoisotopic (exact) mass is 387 g/mol. The van der Waals surface area contributed by atoms with Crippen LogP contribution < -0.4 is 5.73 Å². The molecule has 0 bridgehead atoms. The van der Waals surface area contributed by atoms with Crippen LogP contribution in [0, 0.1) is 5.92 Å². The molecule has 140 valence electrons. The molecule has 0 saturated carbocycles. The Morgan fingerprint density at radius 3 is 2.76 bits per heavy atom. The van der Waals surface area contributed by atoms with E-state index in [4.69, 9.17) is 5.73 Å². The third kappa shape index (κ3) is 4.63. The Morgan fingerprint density at radius 1 is 1.32 bits per heavy atom. The molecule has 25 heavy (non-hydrogen) atoms. The molecule has 1 aliphatic rings. The average molecular weight is 388 g/mol. The number of carbonyl (C=O) groups is 1. The van der Waals surface area contributed by atoms with Gasteiger partial charge in [-0.05, 0) is 31.2 Å². The predicted octanol–water partition coefficient (Wildman–Crippen LogP) is 2.88. The molecular formula is C17H27Cl2N5O.